The average Bonchev–Trinajstić information content (AvgIpc) is 1.96. The van der Waals surface area contributed by atoms with Crippen LogP contribution in [0.1, 0.15) is 5.56 Å². The maximum Gasteiger partial charge on any atom is 0.129 e. The molecule has 0 fully saturated rings. The standard InChI is InChI=1S/C9H13O2P.H3P/c1-7-4-5-8(10)6-9(7)11-12(2)3;/h4-6,10H,1-3H3;1H3. The first-order valence-electron chi connectivity index (χ1n) is 3.74. The SMILES string of the molecule is Cc1ccc(O)cc1OP(C)C.P. The molecule has 0 radical (unpaired) electrons. The van der Waals surface area contributed by atoms with E-state index in [2.05, 4.69) is 0 Å². The van der Waals surface area contributed by atoms with E-state index in [1.165, 1.54) is 0 Å². The van der Waals surface area contributed by atoms with Gasteiger partial charge in [0.05, 0.1) is 8.15 Å². The molecule has 0 spiro atoms. The molecule has 2 nitrogen and oxygen atoms in total. The molecule has 1 aromatic carbocycles. The molecule has 0 heterocycles. The minimum atomic E-state index is -0.416. The number of phenolic OH excluding ortho intramolecular Hbond substituents is 1. The fraction of sp³-hybridized carbons (Fsp3) is 0.333. The Kier molecular flexibility index (Phi) is 5.29. The lowest BCUT2D eigenvalue weighted by Crippen LogP contribution is -1.86. The fourth-order valence-corrected chi connectivity index (χ4v) is 1.47. The summed E-state index contributed by atoms with van der Waals surface area (Å²) in [6.45, 7) is 6.02. The average molecular weight is 218 g/mol. The number of aromatic hydroxyl groups is 1. The molecule has 1 N–H and O–H groups in total. The molecule has 1 aromatic rings. The van der Waals surface area contributed by atoms with Crippen LogP contribution in [0.3, 0.4) is 0 Å². The van der Waals surface area contributed by atoms with Crippen molar-refractivity contribution in [1.82, 2.24) is 0 Å². The Morgan fingerprint density at radius 2 is 1.92 bits per heavy atom. The van der Waals surface area contributed by atoms with Crippen LogP contribution in [0.15, 0.2) is 18.2 Å². The maximum absolute atomic E-state index is 9.18. The zero-order chi connectivity index (χ0) is 9.14. The van der Waals surface area contributed by atoms with Crippen LogP contribution in [0.25, 0.3) is 0 Å². The van der Waals surface area contributed by atoms with E-state index in [4.69, 9.17) is 4.52 Å². The van der Waals surface area contributed by atoms with Crippen molar-refractivity contribution in [2.45, 2.75) is 6.92 Å². The minimum absolute atomic E-state index is 0. The van der Waals surface area contributed by atoms with Crippen molar-refractivity contribution in [3.63, 3.8) is 0 Å². The fourth-order valence-electron chi connectivity index (χ4n) is 0.884. The lowest BCUT2D eigenvalue weighted by molar-refractivity contribution is 0.471. The van der Waals surface area contributed by atoms with E-state index in [1.807, 2.05) is 26.3 Å². The molecule has 1 unspecified atom stereocenters. The maximum atomic E-state index is 9.18. The number of hydrogen-bond acceptors (Lipinski definition) is 2. The summed E-state index contributed by atoms with van der Waals surface area (Å²) in [5.41, 5.74) is 1.06. The number of aryl methyl sites for hydroxylation is 1. The van der Waals surface area contributed by atoms with Gasteiger partial charge in [-0.1, -0.05) is 6.07 Å². The highest BCUT2D eigenvalue weighted by molar-refractivity contribution is 7.51. The molecule has 13 heavy (non-hydrogen) atoms. The van der Waals surface area contributed by atoms with Gasteiger partial charge in [-0.3, -0.25) is 0 Å². The van der Waals surface area contributed by atoms with Gasteiger partial charge >= 0.3 is 0 Å². The van der Waals surface area contributed by atoms with E-state index in [0.29, 0.717) is 0 Å². The Balaban J connectivity index is 0.00000144. The zero-order valence-corrected chi connectivity index (χ0v) is 10.6. The van der Waals surface area contributed by atoms with Gasteiger partial charge in [-0.25, -0.2) is 0 Å². The highest BCUT2D eigenvalue weighted by Gasteiger charge is 2.02. The molecule has 4 heteroatoms. The zero-order valence-electron chi connectivity index (χ0n) is 8.24. The van der Waals surface area contributed by atoms with E-state index in [-0.39, 0.29) is 15.6 Å². The van der Waals surface area contributed by atoms with Crippen LogP contribution < -0.4 is 4.52 Å². The van der Waals surface area contributed by atoms with E-state index in [9.17, 15) is 5.11 Å². The van der Waals surface area contributed by atoms with Crippen molar-refractivity contribution >= 4 is 18.0 Å². The summed E-state index contributed by atoms with van der Waals surface area (Å²) < 4.78 is 5.53. The number of benzene rings is 1. The molecule has 74 valence electrons. The highest BCUT2D eigenvalue weighted by atomic mass is 31.1. The highest BCUT2D eigenvalue weighted by Crippen LogP contribution is 2.33. The third-order valence-electron chi connectivity index (χ3n) is 1.45. The van der Waals surface area contributed by atoms with E-state index in [0.717, 1.165) is 11.3 Å². The summed E-state index contributed by atoms with van der Waals surface area (Å²) in [5.74, 6) is 1.04. The Labute approximate surface area is 83.8 Å². The van der Waals surface area contributed by atoms with Crippen LogP contribution in [0.5, 0.6) is 11.5 Å². The molecular formula is C9H16O2P2. The van der Waals surface area contributed by atoms with Gasteiger partial charge in [-0.15, -0.1) is 0 Å². The summed E-state index contributed by atoms with van der Waals surface area (Å²) in [7, 11) is -0.416. The summed E-state index contributed by atoms with van der Waals surface area (Å²) >= 11 is 0. The van der Waals surface area contributed by atoms with E-state index >= 15 is 0 Å². The van der Waals surface area contributed by atoms with Crippen molar-refractivity contribution in [2.24, 2.45) is 0 Å². The van der Waals surface area contributed by atoms with E-state index < -0.39 is 8.15 Å². The molecule has 0 aliphatic carbocycles. The normalized spacial score (nSPS) is 9.54. The van der Waals surface area contributed by atoms with Gasteiger partial charge in [0.15, 0.2) is 0 Å². The van der Waals surface area contributed by atoms with Crippen LogP contribution >= 0.6 is 18.0 Å². The molecule has 0 saturated carbocycles. The summed E-state index contributed by atoms with van der Waals surface area (Å²) in [6, 6.07) is 5.16. The summed E-state index contributed by atoms with van der Waals surface area (Å²) in [4.78, 5) is 0. The number of rotatable bonds is 2. The third kappa shape index (κ3) is 3.93. The van der Waals surface area contributed by atoms with Crippen LogP contribution in [-0.2, 0) is 0 Å². The molecule has 0 aliphatic rings. The Morgan fingerprint density at radius 3 is 2.46 bits per heavy atom. The minimum Gasteiger partial charge on any atom is -0.508 e. The quantitative estimate of drug-likeness (QED) is 0.773. The number of phenols is 1. The van der Waals surface area contributed by atoms with Crippen molar-refractivity contribution in [3.05, 3.63) is 23.8 Å². The van der Waals surface area contributed by atoms with Gasteiger partial charge < -0.3 is 9.63 Å². The van der Waals surface area contributed by atoms with Crippen LogP contribution in [0.2, 0.25) is 0 Å². The Bertz CT molecular complexity index is 274. The first-order chi connectivity index (χ1) is 5.59. The lowest BCUT2D eigenvalue weighted by atomic mass is 10.2. The predicted octanol–water partition coefficient (Wildman–Crippen LogP) is 2.79. The van der Waals surface area contributed by atoms with Gasteiger partial charge in [-0.2, -0.15) is 9.90 Å². The summed E-state index contributed by atoms with van der Waals surface area (Å²) in [5, 5.41) is 9.18. The topological polar surface area (TPSA) is 29.5 Å². The Morgan fingerprint density at radius 1 is 1.31 bits per heavy atom. The van der Waals surface area contributed by atoms with Crippen molar-refractivity contribution in [1.29, 1.82) is 0 Å². The number of hydrogen-bond donors (Lipinski definition) is 1. The van der Waals surface area contributed by atoms with Gasteiger partial charge in [-0.05, 0) is 31.9 Å². The van der Waals surface area contributed by atoms with Crippen LogP contribution in [0.4, 0.5) is 0 Å². The molecule has 1 atom stereocenters. The predicted molar refractivity (Wildman–Crippen MR) is 63.3 cm³/mol. The third-order valence-corrected chi connectivity index (χ3v) is 2.01. The molecule has 0 aliphatic heterocycles. The lowest BCUT2D eigenvalue weighted by Gasteiger charge is -2.11. The molecule has 0 aromatic heterocycles. The van der Waals surface area contributed by atoms with Gasteiger partial charge in [0.1, 0.15) is 11.5 Å². The van der Waals surface area contributed by atoms with Crippen molar-refractivity contribution in [2.75, 3.05) is 13.3 Å². The van der Waals surface area contributed by atoms with Crippen molar-refractivity contribution in [3.8, 4) is 11.5 Å². The first-order valence-corrected chi connectivity index (χ1v) is 5.90. The largest absolute Gasteiger partial charge is 0.508 e. The van der Waals surface area contributed by atoms with Crippen molar-refractivity contribution < 1.29 is 9.63 Å². The molecule has 1 rings (SSSR count). The molecule has 0 amide bonds. The second-order valence-corrected chi connectivity index (χ2v) is 4.66. The van der Waals surface area contributed by atoms with Gasteiger partial charge in [0.2, 0.25) is 0 Å². The monoisotopic (exact) mass is 218 g/mol. The van der Waals surface area contributed by atoms with Crippen LogP contribution in [0, 0.1) is 6.92 Å². The first kappa shape index (κ1) is 12.7. The second-order valence-electron chi connectivity index (χ2n) is 2.85. The second kappa shape index (κ2) is 5.42. The molecule has 0 saturated heterocycles. The molecule has 0 bridgehead atoms. The summed E-state index contributed by atoms with van der Waals surface area (Å²) in [6.07, 6.45) is 0. The smallest absolute Gasteiger partial charge is 0.129 e. The Hall–Kier alpha value is -0.320. The van der Waals surface area contributed by atoms with Gasteiger partial charge in [0, 0.05) is 6.07 Å². The van der Waals surface area contributed by atoms with Crippen LogP contribution in [-0.4, -0.2) is 18.4 Å². The van der Waals surface area contributed by atoms with Gasteiger partial charge in [0.25, 0.3) is 0 Å². The van der Waals surface area contributed by atoms with E-state index in [1.54, 1.807) is 12.1 Å². The molecular weight excluding hydrogens is 202 g/mol.